The van der Waals surface area contributed by atoms with Gasteiger partial charge in [0.25, 0.3) is 0 Å². The van der Waals surface area contributed by atoms with E-state index in [0.717, 1.165) is 39.1 Å². The van der Waals surface area contributed by atoms with Gasteiger partial charge in [-0.1, -0.05) is 18.6 Å². The van der Waals surface area contributed by atoms with Gasteiger partial charge in [-0.2, -0.15) is 0 Å². The molecule has 1 aromatic carbocycles. The van der Waals surface area contributed by atoms with E-state index in [9.17, 15) is 4.39 Å². The second-order valence-electron chi connectivity index (χ2n) is 6.75. The molecule has 1 aromatic rings. The van der Waals surface area contributed by atoms with Crippen LogP contribution in [-0.2, 0) is 11.2 Å². The minimum Gasteiger partial charge on any atom is -0.380 e. The molecule has 1 atom stereocenters. The van der Waals surface area contributed by atoms with Crippen molar-refractivity contribution in [1.82, 2.24) is 10.2 Å². The maximum absolute atomic E-state index is 13.1. The van der Waals surface area contributed by atoms with E-state index in [4.69, 9.17) is 4.74 Å². The third-order valence-electron chi connectivity index (χ3n) is 4.90. The fourth-order valence-electron chi connectivity index (χ4n) is 3.58. The van der Waals surface area contributed by atoms with Gasteiger partial charge in [0.2, 0.25) is 0 Å². The van der Waals surface area contributed by atoms with Crippen LogP contribution in [0.1, 0.15) is 37.7 Å². The number of benzene rings is 1. The van der Waals surface area contributed by atoms with E-state index >= 15 is 0 Å². The van der Waals surface area contributed by atoms with Crippen LogP contribution in [0.2, 0.25) is 0 Å². The molecule has 0 saturated carbocycles. The lowest BCUT2D eigenvalue weighted by Crippen LogP contribution is -2.56. The molecule has 0 spiro atoms. The number of nitrogens with zero attached hydrogens (tertiary/aromatic N) is 1. The average Bonchev–Trinajstić information content (AvgIpc) is 2.57. The van der Waals surface area contributed by atoms with Crippen molar-refractivity contribution in [2.75, 3.05) is 33.0 Å². The monoisotopic (exact) mass is 306 g/mol. The van der Waals surface area contributed by atoms with Gasteiger partial charge >= 0.3 is 0 Å². The quantitative estimate of drug-likeness (QED) is 0.905. The molecule has 4 heteroatoms. The fraction of sp³-hybridized carbons (Fsp3) is 0.667. The lowest BCUT2D eigenvalue weighted by Gasteiger charge is -2.40. The summed E-state index contributed by atoms with van der Waals surface area (Å²) >= 11 is 0. The molecule has 2 saturated heterocycles. The number of hydrogen-bond acceptors (Lipinski definition) is 3. The maximum atomic E-state index is 13.1. The topological polar surface area (TPSA) is 24.5 Å². The lowest BCUT2D eigenvalue weighted by atomic mass is 9.85. The van der Waals surface area contributed by atoms with E-state index in [0.29, 0.717) is 0 Å². The summed E-state index contributed by atoms with van der Waals surface area (Å²) in [6.45, 7) is 4.93. The Balaban J connectivity index is 1.63. The van der Waals surface area contributed by atoms with Crippen molar-refractivity contribution in [3.05, 3.63) is 35.6 Å². The van der Waals surface area contributed by atoms with E-state index in [1.165, 1.54) is 37.9 Å². The first-order chi connectivity index (χ1) is 10.8. The van der Waals surface area contributed by atoms with Gasteiger partial charge in [0.1, 0.15) is 5.82 Å². The van der Waals surface area contributed by atoms with Crippen LogP contribution in [-0.4, -0.2) is 43.4 Å². The highest BCUT2D eigenvalue weighted by Crippen LogP contribution is 2.24. The van der Waals surface area contributed by atoms with Gasteiger partial charge in [0.05, 0.1) is 6.61 Å². The van der Waals surface area contributed by atoms with Crippen molar-refractivity contribution in [1.29, 1.82) is 0 Å². The summed E-state index contributed by atoms with van der Waals surface area (Å²) in [6.07, 6.45) is 7.10. The number of piperidine rings is 1. The van der Waals surface area contributed by atoms with Gasteiger partial charge in [-0.15, -0.1) is 0 Å². The Kier molecular flexibility index (Phi) is 5.45. The molecular formula is C18H27FN2O. The normalized spacial score (nSPS) is 27.0. The number of nitrogens with one attached hydrogen (secondary N) is 1. The van der Waals surface area contributed by atoms with E-state index in [-0.39, 0.29) is 11.4 Å². The summed E-state index contributed by atoms with van der Waals surface area (Å²) < 4.78 is 18.9. The van der Waals surface area contributed by atoms with Crippen LogP contribution in [0.5, 0.6) is 0 Å². The fourth-order valence-corrected chi connectivity index (χ4v) is 3.58. The molecule has 0 unspecified atom stereocenters. The van der Waals surface area contributed by atoms with Crippen molar-refractivity contribution in [2.24, 2.45) is 0 Å². The first kappa shape index (κ1) is 15.9. The van der Waals surface area contributed by atoms with E-state index in [2.05, 4.69) is 10.2 Å². The average molecular weight is 306 g/mol. The predicted octanol–water partition coefficient (Wildman–Crippen LogP) is 2.95. The van der Waals surface area contributed by atoms with Crippen molar-refractivity contribution < 1.29 is 9.13 Å². The molecule has 2 aliphatic heterocycles. The number of hydrogen-bond donors (Lipinski definition) is 1. The Morgan fingerprint density at radius 2 is 1.86 bits per heavy atom. The van der Waals surface area contributed by atoms with Crippen LogP contribution in [0.25, 0.3) is 0 Å². The summed E-state index contributed by atoms with van der Waals surface area (Å²) in [7, 11) is 0. The molecule has 3 rings (SSSR count). The smallest absolute Gasteiger partial charge is 0.123 e. The summed E-state index contributed by atoms with van der Waals surface area (Å²) in [4.78, 5) is 2.50. The first-order valence-corrected chi connectivity index (χ1v) is 8.55. The number of ether oxygens (including phenoxy) is 1. The second kappa shape index (κ2) is 7.53. The molecular weight excluding hydrogens is 279 g/mol. The highest BCUT2D eigenvalue weighted by Gasteiger charge is 2.33. The minimum absolute atomic E-state index is 0.00642. The molecule has 1 N–H and O–H groups in total. The van der Waals surface area contributed by atoms with Gasteiger partial charge < -0.3 is 4.74 Å². The van der Waals surface area contributed by atoms with Gasteiger partial charge in [-0.3, -0.25) is 10.2 Å². The zero-order valence-corrected chi connectivity index (χ0v) is 13.3. The summed E-state index contributed by atoms with van der Waals surface area (Å²) in [5, 5.41) is 3.78. The second-order valence-corrected chi connectivity index (χ2v) is 6.75. The summed E-state index contributed by atoms with van der Waals surface area (Å²) in [6, 6.07) is 6.90. The lowest BCUT2D eigenvalue weighted by molar-refractivity contribution is 0.0113. The predicted molar refractivity (Wildman–Crippen MR) is 86.3 cm³/mol. The van der Waals surface area contributed by atoms with Crippen molar-refractivity contribution >= 4 is 0 Å². The minimum atomic E-state index is -0.168. The zero-order chi connectivity index (χ0) is 15.3. The Labute approximate surface area is 132 Å². The third kappa shape index (κ3) is 4.28. The van der Waals surface area contributed by atoms with Gasteiger partial charge in [-0.25, -0.2) is 4.39 Å². The van der Waals surface area contributed by atoms with E-state index in [1.54, 1.807) is 12.1 Å². The van der Waals surface area contributed by atoms with Crippen LogP contribution in [0.4, 0.5) is 4.39 Å². The first-order valence-electron chi connectivity index (χ1n) is 8.55. The molecule has 2 aliphatic rings. The van der Waals surface area contributed by atoms with Crippen molar-refractivity contribution in [3.63, 3.8) is 0 Å². The molecule has 0 aromatic heterocycles. The molecule has 22 heavy (non-hydrogen) atoms. The Morgan fingerprint density at radius 3 is 2.55 bits per heavy atom. The molecule has 2 heterocycles. The molecule has 122 valence electrons. The van der Waals surface area contributed by atoms with Crippen LogP contribution in [0, 0.1) is 5.82 Å². The molecule has 3 nitrogen and oxygen atoms in total. The highest BCUT2D eigenvalue weighted by atomic mass is 19.1. The van der Waals surface area contributed by atoms with Crippen LogP contribution < -0.4 is 5.32 Å². The molecule has 2 fully saturated rings. The number of likely N-dealkylation sites (tertiary alicyclic amines) is 1. The van der Waals surface area contributed by atoms with Crippen LogP contribution in [0.3, 0.4) is 0 Å². The zero-order valence-electron chi connectivity index (χ0n) is 13.3. The summed E-state index contributed by atoms with van der Waals surface area (Å²) in [5.74, 6) is -0.168. The molecule has 0 aliphatic carbocycles. The number of halogens is 1. The Morgan fingerprint density at radius 1 is 1.09 bits per heavy atom. The third-order valence-corrected chi connectivity index (χ3v) is 4.90. The van der Waals surface area contributed by atoms with Crippen molar-refractivity contribution in [2.45, 2.75) is 44.1 Å². The van der Waals surface area contributed by atoms with Crippen molar-refractivity contribution in [3.8, 4) is 0 Å². The highest BCUT2D eigenvalue weighted by molar-refractivity contribution is 5.19. The van der Waals surface area contributed by atoms with Crippen LogP contribution >= 0.6 is 0 Å². The van der Waals surface area contributed by atoms with Gasteiger partial charge in [-0.05, 0) is 62.9 Å². The standard InChI is InChI=1S/C18H27FN2O/c19-17-7-5-16(6-8-17)13-18(9-4-12-22-14-18)20-15-21-10-2-1-3-11-21/h5-8,20H,1-4,9-15H2/t18-/m0/s1. The molecule has 0 radical (unpaired) electrons. The van der Waals surface area contributed by atoms with Gasteiger partial charge in [0, 0.05) is 18.8 Å². The van der Waals surface area contributed by atoms with Crippen LogP contribution in [0.15, 0.2) is 24.3 Å². The van der Waals surface area contributed by atoms with E-state index < -0.39 is 0 Å². The maximum Gasteiger partial charge on any atom is 0.123 e. The number of rotatable bonds is 5. The molecule has 0 amide bonds. The summed E-state index contributed by atoms with van der Waals surface area (Å²) in [5.41, 5.74) is 1.17. The van der Waals surface area contributed by atoms with Gasteiger partial charge in [0.15, 0.2) is 0 Å². The largest absolute Gasteiger partial charge is 0.380 e. The SMILES string of the molecule is Fc1ccc(C[C@@]2(NCN3CCCCC3)CCCOC2)cc1. The molecule has 0 bridgehead atoms. The van der Waals surface area contributed by atoms with E-state index in [1.807, 2.05) is 12.1 Å². The Bertz CT molecular complexity index is 451. The Hall–Kier alpha value is -0.970.